The highest BCUT2D eigenvalue weighted by Crippen LogP contribution is 2.49. The number of aromatic amines is 1. The van der Waals surface area contributed by atoms with Gasteiger partial charge in [-0.05, 0) is 24.6 Å². The van der Waals surface area contributed by atoms with Gasteiger partial charge in [0, 0.05) is 24.8 Å². The Hall–Kier alpha value is -4.96. The Morgan fingerprint density at radius 2 is 1.59 bits per heavy atom. The number of hydrogen-bond acceptors (Lipinski definition) is 10. The van der Waals surface area contributed by atoms with Gasteiger partial charge in [0.1, 0.15) is 23.9 Å². The fraction of sp³-hybridized carbons (Fsp3) is 0.355. The van der Waals surface area contributed by atoms with Crippen LogP contribution >= 0.6 is 0 Å². The summed E-state index contributed by atoms with van der Waals surface area (Å²) in [5.74, 6) is -4.24. The molecule has 0 aliphatic carbocycles. The number of aliphatic hydroxyl groups excluding tert-OH is 2. The second-order valence-electron chi connectivity index (χ2n) is 11.6. The molecule has 0 saturated carbocycles. The van der Waals surface area contributed by atoms with Crippen molar-refractivity contribution in [1.82, 2.24) is 25.5 Å². The lowest BCUT2D eigenvalue weighted by molar-refractivity contribution is -0.134. The van der Waals surface area contributed by atoms with Gasteiger partial charge >= 0.3 is 5.69 Å². The normalized spacial score (nSPS) is 30.3. The van der Waals surface area contributed by atoms with Crippen LogP contribution in [0.3, 0.4) is 0 Å². The minimum atomic E-state index is -1.56. The van der Waals surface area contributed by atoms with E-state index in [4.69, 9.17) is 4.74 Å². The SMILES string of the molecule is C[C@@]1(C(=O)NCC(=O)NC[C@H]2O[C@@H](n3ccc(=O)[nH]c3=O)[C@H](O)[C@@H]2O)N[C@H](c2ccccc2)[C@@H]2C(=O)N(c3ccccc3)C(=O)[C@@H]21. The number of fused-ring (bicyclic) bond motifs is 1. The van der Waals surface area contributed by atoms with Crippen LogP contribution in [-0.4, -0.2) is 80.3 Å². The lowest BCUT2D eigenvalue weighted by atomic mass is 9.80. The van der Waals surface area contributed by atoms with Crippen molar-refractivity contribution in [2.75, 3.05) is 18.0 Å². The molecule has 46 heavy (non-hydrogen) atoms. The number of imide groups is 1. The number of H-pyrrole nitrogens is 1. The van der Waals surface area contributed by atoms with E-state index in [-0.39, 0.29) is 6.54 Å². The van der Waals surface area contributed by atoms with Crippen molar-refractivity contribution in [3.05, 3.63) is 99.3 Å². The highest BCUT2D eigenvalue weighted by molar-refractivity contribution is 6.24. The number of aliphatic hydroxyl groups is 2. The number of benzene rings is 2. The van der Waals surface area contributed by atoms with Gasteiger partial charge in [0.2, 0.25) is 23.6 Å². The van der Waals surface area contributed by atoms with Gasteiger partial charge in [-0.1, -0.05) is 48.5 Å². The van der Waals surface area contributed by atoms with E-state index in [2.05, 4.69) is 16.0 Å². The predicted molar refractivity (Wildman–Crippen MR) is 160 cm³/mol. The zero-order valence-electron chi connectivity index (χ0n) is 24.5. The largest absolute Gasteiger partial charge is 0.387 e. The van der Waals surface area contributed by atoms with Gasteiger partial charge < -0.3 is 25.6 Å². The first-order valence-electron chi connectivity index (χ1n) is 14.6. The molecule has 8 atom stereocenters. The zero-order chi connectivity index (χ0) is 32.7. The first kappa shape index (κ1) is 31.0. The topological polar surface area (TPSA) is 212 Å². The first-order chi connectivity index (χ1) is 22.0. The van der Waals surface area contributed by atoms with Gasteiger partial charge in [-0.2, -0.15) is 0 Å². The molecule has 3 saturated heterocycles. The van der Waals surface area contributed by atoms with Crippen molar-refractivity contribution in [2.45, 2.75) is 43.0 Å². The van der Waals surface area contributed by atoms with Gasteiger partial charge in [-0.3, -0.25) is 38.8 Å². The number of anilines is 1. The van der Waals surface area contributed by atoms with Crippen molar-refractivity contribution in [3.8, 4) is 0 Å². The summed E-state index contributed by atoms with van der Waals surface area (Å²) in [5, 5.41) is 29.1. The standard InChI is InChI=1S/C31H32N6O9/c1-31(22-21(23(35-31)16-8-4-2-5-9-16)26(42)37(27(22)43)17-10-6-3-7-11-17)29(44)33-15-20(39)32-14-18-24(40)25(41)28(46-18)36-13-12-19(38)34-30(36)45/h2-13,18,21-25,28,35,40-41H,14-15H2,1H3,(H,32,39)(H,33,44)(H,34,38,45)/t18-,21-,22-,23-,24-,25-,28-,31-/m1/s1. The Bertz CT molecular complexity index is 1780. The van der Waals surface area contributed by atoms with E-state index in [0.717, 1.165) is 27.3 Å². The third-order valence-electron chi connectivity index (χ3n) is 8.80. The van der Waals surface area contributed by atoms with Crippen LogP contribution in [0.15, 0.2) is 82.5 Å². The predicted octanol–water partition coefficient (Wildman–Crippen LogP) is -1.70. The van der Waals surface area contributed by atoms with E-state index in [1.165, 1.54) is 6.92 Å². The Labute approximate surface area is 261 Å². The Morgan fingerprint density at radius 1 is 0.913 bits per heavy atom. The third kappa shape index (κ3) is 5.32. The molecule has 3 aliphatic heterocycles. The number of amides is 4. The van der Waals surface area contributed by atoms with Gasteiger partial charge in [0.05, 0.1) is 24.1 Å². The molecule has 6 N–H and O–H groups in total. The Kier molecular flexibility index (Phi) is 8.16. The maximum atomic E-state index is 13.8. The second-order valence-corrected chi connectivity index (χ2v) is 11.6. The maximum Gasteiger partial charge on any atom is 0.330 e. The molecule has 4 heterocycles. The van der Waals surface area contributed by atoms with Gasteiger partial charge in [-0.25, -0.2) is 9.69 Å². The summed E-state index contributed by atoms with van der Waals surface area (Å²) >= 11 is 0. The summed E-state index contributed by atoms with van der Waals surface area (Å²) < 4.78 is 6.50. The first-order valence-corrected chi connectivity index (χ1v) is 14.6. The molecular formula is C31H32N6O9. The summed E-state index contributed by atoms with van der Waals surface area (Å²) in [6, 6.07) is 17.9. The average molecular weight is 633 g/mol. The molecule has 3 fully saturated rings. The van der Waals surface area contributed by atoms with E-state index < -0.39 is 89.4 Å². The fourth-order valence-corrected chi connectivity index (χ4v) is 6.50. The molecule has 15 heteroatoms. The molecule has 1 aromatic heterocycles. The quantitative estimate of drug-likeness (QED) is 0.155. The summed E-state index contributed by atoms with van der Waals surface area (Å²) in [4.78, 5) is 80.6. The van der Waals surface area contributed by atoms with E-state index >= 15 is 0 Å². The summed E-state index contributed by atoms with van der Waals surface area (Å²) in [6.45, 7) is 0.739. The van der Waals surface area contributed by atoms with E-state index in [1.54, 1.807) is 42.5 Å². The van der Waals surface area contributed by atoms with Crippen LogP contribution in [0, 0.1) is 11.8 Å². The molecule has 0 unspecified atom stereocenters. The molecular weight excluding hydrogens is 600 g/mol. The molecule has 0 spiro atoms. The van der Waals surface area contributed by atoms with Crippen molar-refractivity contribution in [1.29, 1.82) is 0 Å². The van der Waals surface area contributed by atoms with Crippen LogP contribution in [0.4, 0.5) is 5.69 Å². The van der Waals surface area contributed by atoms with E-state index in [0.29, 0.717) is 5.69 Å². The van der Waals surface area contributed by atoms with Gasteiger partial charge in [-0.15, -0.1) is 0 Å². The monoisotopic (exact) mass is 632 g/mol. The molecule has 2 aromatic carbocycles. The van der Waals surface area contributed by atoms with Crippen LogP contribution in [-0.2, 0) is 23.9 Å². The number of nitrogens with zero attached hydrogens (tertiary/aromatic N) is 2. The zero-order valence-corrected chi connectivity index (χ0v) is 24.5. The number of hydrogen-bond donors (Lipinski definition) is 6. The van der Waals surface area contributed by atoms with Crippen molar-refractivity contribution < 1.29 is 34.1 Å². The highest BCUT2D eigenvalue weighted by atomic mass is 16.6. The fourth-order valence-electron chi connectivity index (χ4n) is 6.50. The molecule has 3 aromatic rings. The molecule has 240 valence electrons. The van der Waals surface area contributed by atoms with Gasteiger partial charge in [0.15, 0.2) is 6.23 Å². The lowest BCUT2D eigenvalue weighted by Crippen LogP contribution is -2.59. The van der Waals surface area contributed by atoms with E-state index in [9.17, 15) is 39.0 Å². The minimum absolute atomic E-state index is 0.281. The van der Waals surface area contributed by atoms with Crippen LogP contribution in [0.1, 0.15) is 24.8 Å². The molecule has 3 aliphatic rings. The van der Waals surface area contributed by atoms with Crippen molar-refractivity contribution in [2.24, 2.45) is 11.8 Å². The molecule has 0 radical (unpaired) electrons. The number of para-hydroxylation sites is 1. The highest BCUT2D eigenvalue weighted by Gasteiger charge is 2.66. The number of carbonyl (C=O) groups is 4. The summed E-state index contributed by atoms with van der Waals surface area (Å²) in [5.41, 5.74) is -1.94. The van der Waals surface area contributed by atoms with E-state index in [1.807, 2.05) is 23.2 Å². The van der Waals surface area contributed by atoms with Crippen LogP contribution < -0.4 is 32.1 Å². The Morgan fingerprint density at radius 3 is 2.26 bits per heavy atom. The summed E-state index contributed by atoms with van der Waals surface area (Å²) in [7, 11) is 0. The minimum Gasteiger partial charge on any atom is -0.387 e. The lowest BCUT2D eigenvalue weighted by Gasteiger charge is -2.30. The van der Waals surface area contributed by atoms with Gasteiger partial charge in [0.25, 0.3) is 5.56 Å². The van der Waals surface area contributed by atoms with Crippen LogP contribution in [0.2, 0.25) is 0 Å². The summed E-state index contributed by atoms with van der Waals surface area (Å²) in [6.07, 6.45) is -4.34. The molecule has 6 rings (SSSR count). The Balaban J connectivity index is 1.13. The molecule has 4 amide bonds. The molecule has 0 bridgehead atoms. The average Bonchev–Trinajstić information content (AvgIpc) is 3.63. The number of rotatable bonds is 8. The number of nitrogens with one attached hydrogen (secondary N) is 4. The smallest absolute Gasteiger partial charge is 0.330 e. The second kappa shape index (κ2) is 12.1. The maximum absolute atomic E-state index is 13.8. The number of ether oxygens (including phenoxy) is 1. The van der Waals surface area contributed by atoms with Crippen molar-refractivity contribution in [3.63, 3.8) is 0 Å². The van der Waals surface area contributed by atoms with Crippen LogP contribution in [0.5, 0.6) is 0 Å². The van der Waals surface area contributed by atoms with Crippen molar-refractivity contribution >= 4 is 29.3 Å². The van der Waals surface area contributed by atoms with Crippen LogP contribution in [0.25, 0.3) is 0 Å². The molecule has 15 nitrogen and oxygen atoms in total. The third-order valence-corrected chi connectivity index (χ3v) is 8.80. The number of carbonyl (C=O) groups excluding carboxylic acids is 4. The number of aromatic nitrogens is 2.